The average Bonchev–Trinajstić information content (AvgIpc) is 3.11. The maximum atomic E-state index is 13.1. The molecule has 0 spiro atoms. The number of benzene rings is 1. The Balaban J connectivity index is 1.39. The molecule has 3 aromatic heterocycles. The molecule has 0 aliphatic carbocycles. The monoisotopic (exact) mass is 450 g/mol. The Morgan fingerprint density at radius 3 is 2.67 bits per heavy atom. The highest BCUT2D eigenvalue weighted by Crippen LogP contribution is 2.37. The molecule has 1 aromatic carbocycles. The molecular weight excluding hydrogens is 437 g/mol. The van der Waals surface area contributed by atoms with Gasteiger partial charge in [0.05, 0.1) is 10.4 Å². The summed E-state index contributed by atoms with van der Waals surface area (Å²) in [6.45, 7) is 0.598. The van der Waals surface area contributed by atoms with Crippen LogP contribution in [0.2, 0.25) is 5.02 Å². The summed E-state index contributed by atoms with van der Waals surface area (Å²) in [5.74, 6) is 0.696. The molecule has 0 amide bonds. The van der Waals surface area contributed by atoms with E-state index >= 15 is 0 Å². The van der Waals surface area contributed by atoms with Crippen LogP contribution in [0.25, 0.3) is 10.2 Å². The third-order valence-electron chi connectivity index (χ3n) is 4.27. The second-order valence-electron chi connectivity index (χ2n) is 6.28. The summed E-state index contributed by atoms with van der Waals surface area (Å²) in [5, 5.41) is 6.47. The van der Waals surface area contributed by atoms with Crippen LogP contribution in [0.5, 0.6) is 11.5 Å². The first kappa shape index (κ1) is 20.4. The summed E-state index contributed by atoms with van der Waals surface area (Å²) in [6.07, 6.45) is -0.366. The molecule has 0 aliphatic rings. The van der Waals surface area contributed by atoms with Gasteiger partial charge in [-0.25, -0.2) is 9.97 Å². The van der Waals surface area contributed by atoms with Crippen molar-refractivity contribution < 1.29 is 17.9 Å². The highest BCUT2D eigenvalue weighted by atomic mass is 35.5. The van der Waals surface area contributed by atoms with Gasteiger partial charge in [-0.15, -0.1) is 11.3 Å². The van der Waals surface area contributed by atoms with E-state index in [-0.39, 0.29) is 5.75 Å². The lowest BCUT2D eigenvalue weighted by Crippen LogP contribution is -2.08. The van der Waals surface area contributed by atoms with Crippen molar-refractivity contribution in [2.24, 2.45) is 0 Å². The molecule has 4 rings (SSSR count). The quantitative estimate of drug-likeness (QED) is 0.378. The maximum Gasteiger partial charge on any atom is 0.421 e. The number of alkyl halides is 3. The summed E-state index contributed by atoms with van der Waals surface area (Å²) in [6, 6.07) is 8.07. The summed E-state index contributed by atoms with van der Waals surface area (Å²) in [5.41, 5.74) is 0.0730. The van der Waals surface area contributed by atoms with Gasteiger partial charge in [0.15, 0.2) is 0 Å². The van der Waals surface area contributed by atoms with E-state index in [1.807, 2.05) is 5.38 Å². The van der Waals surface area contributed by atoms with Crippen molar-refractivity contribution in [3.8, 4) is 11.5 Å². The predicted octanol–water partition coefficient (Wildman–Crippen LogP) is 6.21. The number of hydrogen-bond acceptors (Lipinski definition) is 6. The van der Waals surface area contributed by atoms with Crippen molar-refractivity contribution >= 4 is 39.0 Å². The fraction of sp³-hybridized carbons (Fsp3) is 0.150. The van der Waals surface area contributed by atoms with Gasteiger partial charge >= 0.3 is 6.18 Å². The van der Waals surface area contributed by atoms with Gasteiger partial charge in [0.2, 0.25) is 0 Å². The molecule has 0 radical (unpaired) electrons. The Kier molecular flexibility index (Phi) is 5.74. The van der Waals surface area contributed by atoms with Gasteiger partial charge in [-0.2, -0.15) is 13.2 Å². The largest absolute Gasteiger partial charge is 0.457 e. The predicted molar refractivity (Wildman–Crippen MR) is 110 cm³/mol. The zero-order valence-electron chi connectivity index (χ0n) is 15.3. The lowest BCUT2D eigenvalue weighted by atomic mass is 10.1. The number of nitrogens with one attached hydrogen (secondary N) is 1. The van der Waals surface area contributed by atoms with Crippen LogP contribution in [0.1, 0.15) is 11.1 Å². The van der Waals surface area contributed by atoms with Crippen molar-refractivity contribution in [3.63, 3.8) is 0 Å². The first-order valence-electron chi connectivity index (χ1n) is 8.81. The molecule has 0 saturated carbocycles. The van der Waals surface area contributed by atoms with Gasteiger partial charge in [-0.05, 0) is 30.2 Å². The van der Waals surface area contributed by atoms with Gasteiger partial charge in [0.1, 0.15) is 34.0 Å². The first-order chi connectivity index (χ1) is 14.4. The first-order valence-corrected chi connectivity index (χ1v) is 10.1. The zero-order valence-corrected chi connectivity index (χ0v) is 16.9. The maximum absolute atomic E-state index is 13.1. The van der Waals surface area contributed by atoms with E-state index < -0.39 is 11.7 Å². The number of aromatic nitrogens is 3. The highest BCUT2D eigenvalue weighted by Gasteiger charge is 2.34. The molecule has 5 nitrogen and oxygen atoms in total. The summed E-state index contributed by atoms with van der Waals surface area (Å²) < 4.78 is 44.6. The van der Waals surface area contributed by atoms with E-state index in [0.717, 1.165) is 22.0 Å². The van der Waals surface area contributed by atoms with E-state index in [0.29, 0.717) is 29.6 Å². The summed E-state index contributed by atoms with van der Waals surface area (Å²) in [7, 11) is 0. The molecule has 1 N–H and O–H groups in total. The Morgan fingerprint density at radius 2 is 1.90 bits per heavy atom. The molecule has 10 heteroatoms. The summed E-state index contributed by atoms with van der Waals surface area (Å²) >= 11 is 7.65. The molecule has 3 heterocycles. The van der Waals surface area contributed by atoms with Crippen LogP contribution in [0.15, 0.2) is 54.4 Å². The number of rotatable bonds is 6. The number of nitrogens with zero attached hydrogens (tertiary/aromatic N) is 3. The molecule has 154 valence electrons. The minimum atomic E-state index is -4.53. The molecule has 0 bridgehead atoms. The van der Waals surface area contributed by atoms with E-state index in [2.05, 4.69) is 20.3 Å². The zero-order chi connectivity index (χ0) is 21.1. The third kappa shape index (κ3) is 4.47. The number of fused-ring (bicyclic) bond motifs is 1. The lowest BCUT2D eigenvalue weighted by Gasteiger charge is -2.13. The van der Waals surface area contributed by atoms with Crippen LogP contribution in [0.4, 0.5) is 19.0 Å². The van der Waals surface area contributed by atoms with Crippen LogP contribution >= 0.6 is 22.9 Å². The van der Waals surface area contributed by atoms with Crippen molar-refractivity contribution in [3.05, 3.63) is 70.6 Å². The van der Waals surface area contributed by atoms with Gasteiger partial charge < -0.3 is 10.1 Å². The lowest BCUT2D eigenvalue weighted by molar-refractivity contribution is -0.138. The number of anilines is 1. The molecule has 0 aliphatic heterocycles. The molecule has 30 heavy (non-hydrogen) atoms. The van der Waals surface area contributed by atoms with E-state index in [4.69, 9.17) is 16.3 Å². The van der Waals surface area contributed by atoms with Crippen molar-refractivity contribution in [2.45, 2.75) is 12.6 Å². The molecule has 0 fully saturated rings. The van der Waals surface area contributed by atoms with Crippen molar-refractivity contribution in [1.82, 2.24) is 15.0 Å². The highest BCUT2D eigenvalue weighted by molar-refractivity contribution is 7.17. The average molecular weight is 451 g/mol. The van der Waals surface area contributed by atoms with Gasteiger partial charge in [0, 0.05) is 24.3 Å². The number of thiophene rings is 1. The minimum Gasteiger partial charge on any atom is -0.457 e. The fourth-order valence-corrected chi connectivity index (χ4v) is 3.97. The topological polar surface area (TPSA) is 59.9 Å². The number of ether oxygens (including phenoxy) is 1. The standard InChI is InChI=1S/C20H14ClF3N4OS/c21-15-10-30-19-17(15)18(27-11-28-19)26-8-5-12-1-3-13(4-2-12)29-16-6-7-25-9-14(16)20(22,23)24/h1-4,6-7,9-11H,5,8H2,(H,26,27,28). The van der Waals surface area contributed by atoms with Crippen LogP contribution in [0, 0.1) is 0 Å². The fourth-order valence-electron chi connectivity index (χ4n) is 2.83. The second-order valence-corrected chi connectivity index (χ2v) is 7.54. The van der Waals surface area contributed by atoms with Crippen LogP contribution in [0.3, 0.4) is 0 Å². The molecule has 4 aromatic rings. The Hall–Kier alpha value is -2.91. The van der Waals surface area contributed by atoms with E-state index in [9.17, 15) is 13.2 Å². The molecular formula is C20H14ClF3N4OS. The molecule has 0 unspecified atom stereocenters. The van der Waals surface area contributed by atoms with E-state index in [1.165, 1.54) is 29.9 Å². The van der Waals surface area contributed by atoms with Crippen molar-refractivity contribution in [2.75, 3.05) is 11.9 Å². The number of pyridine rings is 1. The molecule has 0 saturated heterocycles. The van der Waals surface area contributed by atoms with Gasteiger partial charge in [-0.1, -0.05) is 23.7 Å². The second kappa shape index (κ2) is 8.45. The minimum absolute atomic E-state index is 0.285. The van der Waals surface area contributed by atoms with Crippen LogP contribution in [-0.2, 0) is 12.6 Å². The van der Waals surface area contributed by atoms with Gasteiger partial charge in [-0.3, -0.25) is 4.98 Å². The normalized spacial score (nSPS) is 11.6. The summed E-state index contributed by atoms with van der Waals surface area (Å²) in [4.78, 5) is 12.8. The molecule has 0 atom stereocenters. The number of hydrogen-bond donors (Lipinski definition) is 1. The van der Waals surface area contributed by atoms with Crippen LogP contribution in [-0.4, -0.2) is 21.5 Å². The smallest absolute Gasteiger partial charge is 0.421 e. The Labute approximate surface area is 178 Å². The Bertz CT molecular complexity index is 1160. The van der Waals surface area contributed by atoms with E-state index in [1.54, 1.807) is 24.3 Å². The Morgan fingerprint density at radius 1 is 1.10 bits per heavy atom. The van der Waals surface area contributed by atoms with Gasteiger partial charge in [0.25, 0.3) is 0 Å². The van der Waals surface area contributed by atoms with Crippen molar-refractivity contribution in [1.29, 1.82) is 0 Å². The number of halogens is 4. The van der Waals surface area contributed by atoms with Crippen LogP contribution < -0.4 is 10.1 Å². The third-order valence-corrected chi connectivity index (χ3v) is 5.58. The SMILES string of the molecule is FC(F)(F)c1cnccc1Oc1ccc(CCNc2ncnc3scc(Cl)c23)cc1.